The molecule has 14 heavy (non-hydrogen) atoms. The van der Waals surface area contributed by atoms with E-state index in [1.54, 1.807) is 0 Å². The maximum absolute atomic E-state index is 14.1. The van der Waals surface area contributed by atoms with E-state index in [4.69, 9.17) is 0 Å². The number of alkyl halides is 1. The number of nitrogens with one attached hydrogen (secondary N) is 3. The summed E-state index contributed by atoms with van der Waals surface area (Å²) in [5.74, 6) is 0. The van der Waals surface area contributed by atoms with E-state index < -0.39 is 5.67 Å². The van der Waals surface area contributed by atoms with Crippen LogP contribution >= 0.6 is 0 Å². The van der Waals surface area contributed by atoms with Crippen LogP contribution < -0.4 is 16.0 Å². The van der Waals surface area contributed by atoms with Gasteiger partial charge in [0.25, 0.3) is 0 Å². The maximum atomic E-state index is 14.1. The fourth-order valence-corrected chi connectivity index (χ4v) is 2.22. The van der Waals surface area contributed by atoms with Crippen LogP contribution in [0.5, 0.6) is 0 Å². The molecule has 2 aliphatic heterocycles. The topological polar surface area (TPSA) is 36.1 Å². The Balaban J connectivity index is 1.72. The number of hydrogen-bond acceptors (Lipinski definition) is 3. The van der Waals surface area contributed by atoms with Gasteiger partial charge in [-0.05, 0) is 45.3 Å². The van der Waals surface area contributed by atoms with Crippen LogP contribution in [0, 0.1) is 0 Å². The molecule has 4 heteroatoms. The van der Waals surface area contributed by atoms with Gasteiger partial charge in [-0.2, -0.15) is 0 Å². The molecule has 2 saturated heterocycles. The van der Waals surface area contributed by atoms with Crippen molar-refractivity contribution in [3.05, 3.63) is 0 Å². The molecule has 3 N–H and O–H groups in total. The lowest BCUT2D eigenvalue weighted by molar-refractivity contribution is 0.109. The molecule has 2 fully saturated rings. The summed E-state index contributed by atoms with van der Waals surface area (Å²) >= 11 is 0. The molecule has 1 atom stereocenters. The lowest BCUT2D eigenvalue weighted by atomic mass is 9.94. The summed E-state index contributed by atoms with van der Waals surface area (Å²) in [6.07, 6.45) is 3.98. The van der Waals surface area contributed by atoms with Crippen molar-refractivity contribution in [3.8, 4) is 0 Å². The van der Waals surface area contributed by atoms with Crippen molar-refractivity contribution in [2.75, 3.05) is 26.2 Å². The highest BCUT2D eigenvalue weighted by Crippen LogP contribution is 2.22. The smallest absolute Gasteiger partial charge is 0.125 e. The second-order valence-corrected chi connectivity index (χ2v) is 4.43. The van der Waals surface area contributed by atoms with E-state index >= 15 is 0 Å². The first-order valence-corrected chi connectivity index (χ1v) is 5.65. The summed E-state index contributed by atoms with van der Waals surface area (Å²) in [6, 6.07) is 0. The van der Waals surface area contributed by atoms with Crippen LogP contribution in [0.4, 0.5) is 4.39 Å². The largest absolute Gasteiger partial charge is 0.316 e. The number of piperidine rings is 1. The fourth-order valence-electron chi connectivity index (χ4n) is 2.22. The second kappa shape index (κ2) is 4.55. The summed E-state index contributed by atoms with van der Waals surface area (Å²) in [5.41, 5.74) is -0.977. The zero-order valence-corrected chi connectivity index (χ0v) is 8.61. The number of hydrogen-bond donors (Lipinski definition) is 3. The van der Waals surface area contributed by atoms with Gasteiger partial charge in [0.05, 0.1) is 6.17 Å². The Bertz CT molecular complexity index is 174. The maximum Gasteiger partial charge on any atom is 0.125 e. The third-order valence-electron chi connectivity index (χ3n) is 3.23. The molecule has 0 bridgehead atoms. The van der Waals surface area contributed by atoms with Crippen molar-refractivity contribution in [1.29, 1.82) is 0 Å². The first-order chi connectivity index (χ1) is 6.79. The minimum absolute atomic E-state index is 0.345. The van der Waals surface area contributed by atoms with Crippen molar-refractivity contribution >= 4 is 0 Å². The highest BCUT2D eigenvalue weighted by molar-refractivity contribution is 4.88. The molecule has 0 spiro atoms. The molecule has 0 aromatic carbocycles. The average molecular weight is 201 g/mol. The van der Waals surface area contributed by atoms with Gasteiger partial charge < -0.3 is 10.6 Å². The van der Waals surface area contributed by atoms with E-state index in [0.29, 0.717) is 25.6 Å². The molecule has 2 heterocycles. The zero-order chi connectivity index (χ0) is 9.86. The van der Waals surface area contributed by atoms with E-state index in [1.165, 1.54) is 6.42 Å². The molecule has 1 unspecified atom stereocenters. The summed E-state index contributed by atoms with van der Waals surface area (Å²) in [5, 5.41) is 9.78. The van der Waals surface area contributed by atoms with Crippen molar-refractivity contribution < 1.29 is 4.39 Å². The van der Waals surface area contributed by atoms with Crippen LogP contribution in [0.3, 0.4) is 0 Å². The molecule has 2 rings (SSSR count). The van der Waals surface area contributed by atoms with Gasteiger partial charge in [0.1, 0.15) is 5.67 Å². The van der Waals surface area contributed by atoms with Crippen molar-refractivity contribution in [1.82, 2.24) is 16.0 Å². The third kappa shape index (κ3) is 2.65. The van der Waals surface area contributed by atoms with Gasteiger partial charge in [-0.3, -0.25) is 5.32 Å². The molecule has 0 amide bonds. The van der Waals surface area contributed by atoms with Crippen LogP contribution in [0.15, 0.2) is 0 Å². The van der Waals surface area contributed by atoms with Gasteiger partial charge in [0, 0.05) is 6.54 Å². The minimum atomic E-state index is -0.977. The van der Waals surface area contributed by atoms with E-state index in [1.807, 2.05) is 0 Å². The fraction of sp³-hybridized carbons (Fsp3) is 1.00. The lowest BCUT2D eigenvalue weighted by Crippen LogP contribution is -2.49. The highest BCUT2D eigenvalue weighted by atomic mass is 19.1. The van der Waals surface area contributed by atoms with E-state index in [2.05, 4.69) is 16.0 Å². The number of halogens is 1. The summed E-state index contributed by atoms with van der Waals surface area (Å²) in [4.78, 5) is 0. The first-order valence-electron chi connectivity index (χ1n) is 5.65. The Morgan fingerprint density at radius 1 is 1.29 bits per heavy atom. The van der Waals surface area contributed by atoms with Crippen molar-refractivity contribution in [2.24, 2.45) is 0 Å². The lowest BCUT2D eigenvalue weighted by Gasteiger charge is -2.31. The SMILES string of the molecule is FC1(CNC2CCCN2)CCNCC1. The second-order valence-electron chi connectivity index (χ2n) is 4.43. The Kier molecular flexibility index (Phi) is 3.36. The van der Waals surface area contributed by atoms with Gasteiger partial charge in [-0.1, -0.05) is 0 Å². The molecular weight excluding hydrogens is 181 g/mol. The van der Waals surface area contributed by atoms with Crippen molar-refractivity contribution in [2.45, 2.75) is 37.5 Å². The molecular formula is C10H20FN3. The Morgan fingerprint density at radius 3 is 2.71 bits per heavy atom. The molecule has 3 nitrogen and oxygen atoms in total. The van der Waals surface area contributed by atoms with Crippen molar-refractivity contribution in [3.63, 3.8) is 0 Å². The van der Waals surface area contributed by atoms with Crippen LogP contribution in [0.1, 0.15) is 25.7 Å². The molecule has 0 aromatic heterocycles. The van der Waals surface area contributed by atoms with Crippen LogP contribution in [0.2, 0.25) is 0 Å². The summed E-state index contributed by atoms with van der Waals surface area (Å²) in [7, 11) is 0. The molecule has 82 valence electrons. The van der Waals surface area contributed by atoms with Crippen LogP contribution in [-0.4, -0.2) is 38.0 Å². The standard InChI is InChI=1S/C10H20FN3/c11-10(3-6-12-7-4-10)8-14-9-2-1-5-13-9/h9,12-14H,1-8H2. The third-order valence-corrected chi connectivity index (χ3v) is 3.23. The predicted molar refractivity (Wildman–Crippen MR) is 55.0 cm³/mol. The van der Waals surface area contributed by atoms with E-state index in [9.17, 15) is 4.39 Å². The highest BCUT2D eigenvalue weighted by Gasteiger charge is 2.32. The Labute approximate surface area is 84.8 Å². The van der Waals surface area contributed by atoms with Gasteiger partial charge >= 0.3 is 0 Å². The molecule has 2 aliphatic rings. The van der Waals surface area contributed by atoms with Crippen LogP contribution in [0.25, 0.3) is 0 Å². The summed E-state index contributed by atoms with van der Waals surface area (Å²) < 4.78 is 14.1. The summed E-state index contributed by atoms with van der Waals surface area (Å²) in [6.45, 7) is 3.21. The molecule has 0 aliphatic carbocycles. The van der Waals surface area contributed by atoms with Gasteiger partial charge in [0.2, 0.25) is 0 Å². The van der Waals surface area contributed by atoms with Gasteiger partial charge in [0.15, 0.2) is 0 Å². The Hall–Kier alpha value is -0.190. The van der Waals surface area contributed by atoms with E-state index in [-0.39, 0.29) is 0 Å². The quantitative estimate of drug-likeness (QED) is 0.618. The van der Waals surface area contributed by atoms with E-state index in [0.717, 1.165) is 26.1 Å². The van der Waals surface area contributed by atoms with Crippen LogP contribution in [-0.2, 0) is 0 Å². The van der Waals surface area contributed by atoms with Gasteiger partial charge in [-0.25, -0.2) is 4.39 Å². The first kappa shape index (κ1) is 10.3. The number of rotatable bonds is 3. The molecule has 0 radical (unpaired) electrons. The Morgan fingerprint density at radius 2 is 2.07 bits per heavy atom. The van der Waals surface area contributed by atoms with Gasteiger partial charge in [-0.15, -0.1) is 0 Å². The normalized spacial score (nSPS) is 31.9. The molecule has 0 saturated carbocycles. The minimum Gasteiger partial charge on any atom is -0.316 e. The zero-order valence-electron chi connectivity index (χ0n) is 8.61. The monoisotopic (exact) mass is 201 g/mol. The predicted octanol–water partition coefficient (Wildman–Crippen LogP) is 0.377. The molecule has 0 aromatic rings. The average Bonchev–Trinajstić information content (AvgIpc) is 2.69.